The Morgan fingerprint density at radius 3 is 2.00 bits per heavy atom. The minimum absolute atomic E-state index is 0.121. The molecule has 94 valence electrons. The van der Waals surface area contributed by atoms with Crippen LogP contribution < -0.4 is 0 Å². The molecule has 16 heavy (non-hydrogen) atoms. The maximum Gasteiger partial charge on any atom is 0.149 e. The Labute approximate surface area is 93.5 Å². The fourth-order valence-corrected chi connectivity index (χ4v) is 1.39. The summed E-state index contributed by atoms with van der Waals surface area (Å²) in [6, 6.07) is 0. The summed E-state index contributed by atoms with van der Waals surface area (Å²) in [4.78, 5) is 22.0. The zero-order valence-electron chi connectivity index (χ0n) is 9.28. The predicted molar refractivity (Wildman–Crippen MR) is 54.6 cm³/mol. The SMILES string of the molecule is C[C@@H](O)CC(=O)[C@@H]([C@@H](O)[C@@H](C)O)[C@@H](O)C=O. The molecule has 0 fully saturated rings. The molecule has 6 heteroatoms. The molecule has 0 aliphatic rings. The van der Waals surface area contributed by atoms with E-state index in [0.29, 0.717) is 0 Å². The number of hydrogen-bond acceptors (Lipinski definition) is 6. The van der Waals surface area contributed by atoms with E-state index in [9.17, 15) is 19.8 Å². The fourth-order valence-electron chi connectivity index (χ4n) is 1.39. The molecule has 0 saturated heterocycles. The lowest BCUT2D eigenvalue weighted by molar-refractivity contribution is -0.142. The third-order valence-corrected chi connectivity index (χ3v) is 2.24. The molecule has 0 saturated carbocycles. The summed E-state index contributed by atoms with van der Waals surface area (Å²) in [6.07, 6.45) is -5.58. The van der Waals surface area contributed by atoms with Crippen molar-refractivity contribution in [3.63, 3.8) is 0 Å². The monoisotopic (exact) mass is 234 g/mol. The van der Waals surface area contributed by atoms with Gasteiger partial charge in [0.2, 0.25) is 0 Å². The molecule has 0 aromatic rings. The van der Waals surface area contributed by atoms with Crippen LogP contribution in [0.5, 0.6) is 0 Å². The Balaban J connectivity index is 4.79. The Morgan fingerprint density at radius 2 is 1.69 bits per heavy atom. The van der Waals surface area contributed by atoms with Gasteiger partial charge in [-0.2, -0.15) is 0 Å². The van der Waals surface area contributed by atoms with Crippen molar-refractivity contribution in [3.05, 3.63) is 0 Å². The first-order chi connectivity index (χ1) is 7.31. The molecule has 6 nitrogen and oxygen atoms in total. The highest BCUT2D eigenvalue weighted by molar-refractivity contribution is 5.85. The van der Waals surface area contributed by atoms with E-state index < -0.39 is 36.1 Å². The molecule has 0 aromatic carbocycles. The predicted octanol–water partition coefficient (Wildman–Crippen LogP) is -1.76. The van der Waals surface area contributed by atoms with Crippen molar-refractivity contribution in [2.24, 2.45) is 5.92 Å². The van der Waals surface area contributed by atoms with Gasteiger partial charge in [-0.15, -0.1) is 0 Å². The number of aliphatic hydroxyl groups excluding tert-OH is 4. The average molecular weight is 234 g/mol. The summed E-state index contributed by atoms with van der Waals surface area (Å²) < 4.78 is 0. The number of ketones is 1. The van der Waals surface area contributed by atoms with Crippen molar-refractivity contribution in [2.45, 2.75) is 44.7 Å². The van der Waals surface area contributed by atoms with E-state index in [0.717, 1.165) is 0 Å². The summed E-state index contributed by atoms with van der Waals surface area (Å²) in [5, 5.41) is 36.9. The molecule has 0 rings (SSSR count). The third kappa shape index (κ3) is 4.36. The van der Waals surface area contributed by atoms with Crippen LogP contribution in [0.4, 0.5) is 0 Å². The van der Waals surface area contributed by atoms with Crippen molar-refractivity contribution in [3.8, 4) is 0 Å². The number of rotatable bonds is 7. The zero-order chi connectivity index (χ0) is 12.9. The van der Waals surface area contributed by atoms with Crippen molar-refractivity contribution >= 4 is 12.1 Å². The van der Waals surface area contributed by atoms with Gasteiger partial charge in [-0.1, -0.05) is 0 Å². The number of hydrogen-bond donors (Lipinski definition) is 4. The number of carbonyl (C=O) groups excluding carboxylic acids is 2. The maximum absolute atomic E-state index is 11.5. The molecular weight excluding hydrogens is 216 g/mol. The molecule has 0 aliphatic carbocycles. The quantitative estimate of drug-likeness (QED) is 0.388. The van der Waals surface area contributed by atoms with Gasteiger partial charge in [-0.25, -0.2) is 0 Å². The smallest absolute Gasteiger partial charge is 0.149 e. The fraction of sp³-hybridized carbons (Fsp3) is 0.800. The molecule has 0 heterocycles. The van der Waals surface area contributed by atoms with Crippen LogP contribution in [0.15, 0.2) is 0 Å². The van der Waals surface area contributed by atoms with Gasteiger partial charge in [0.05, 0.1) is 24.2 Å². The van der Waals surface area contributed by atoms with E-state index >= 15 is 0 Å². The van der Waals surface area contributed by atoms with E-state index in [1.54, 1.807) is 0 Å². The second kappa shape index (κ2) is 6.70. The largest absolute Gasteiger partial charge is 0.393 e. The number of aliphatic hydroxyl groups is 4. The normalized spacial score (nSPS) is 20.6. The van der Waals surface area contributed by atoms with E-state index in [1.165, 1.54) is 13.8 Å². The standard InChI is InChI=1S/C10H18O6/c1-5(12)3-7(14)9(8(15)4-11)10(16)6(2)13/h4-6,8-10,12-13,15-16H,3H2,1-2H3/t5-,6-,8+,9-,10+/m1/s1. The highest BCUT2D eigenvalue weighted by Crippen LogP contribution is 2.16. The van der Waals surface area contributed by atoms with Gasteiger partial charge in [-0.05, 0) is 13.8 Å². The van der Waals surface area contributed by atoms with Crippen molar-refractivity contribution in [2.75, 3.05) is 0 Å². The van der Waals surface area contributed by atoms with Crippen LogP contribution in [0.2, 0.25) is 0 Å². The lowest BCUT2D eigenvalue weighted by Gasteiger charge is -2.25. The van der Waals surface area contributed by atoms with Crippen LogP contribution in [0, 0.1) is 5.92 Å². The van der Waals surface area contributed by atoms with E-state index in [1.807, 2.05) is 0 Å². The molecule has 0 amide bonds. The van der Waals surface area contributed by atoms with Crippen molar-refractivity contribution in [1.82, 2.24) is 0 Å². The Bertz CT molecular complexity index is 237. The lowest BCUT2D eigenvalue weighted by Crippen LogP contribution is -2.44. The summed E-state index contributed by atoms with van der Waals surface area (Å²) in [7, 11) is 0. The molecule has 0 aromatic heterocycles. The topological polar surface area (TPSA) is 115 Å². The molecule has 4 N–H and O–H groups in total. The Hall–Kier alpha value is -0.820. The van der Waals surface area contributed by atoms with Gasteiger partial charge < -0.3 is 25.2 Å². The number of carbonyl (C=O) groups is 2. The molecule has 0 unspecified atom stereocenters. The molecular formula is C10H18O6. The minimum atomic E-state index is -1.68. The number of aldehydes is 1. The Kier molecular flexibility index (Phi) is 6.35. The van der Waals surface area contributed by atoms with Crippen LogP contribution in [-0.4, -0.2) is 56.9 Å². The van der Waals surface area contributed by atoms with Gasteiger partial charge in [-0.3, -0.25) is 4.79 Å². The highest BCUT2D eigenvalue weighted by atomic mass is 16.3. The van der Waals surface area contributed by atoms with Crippen LogP contribution in [0.1, 0.15) is 20.3 Å². The molecule has 0 aliphatic heterocycles. The van der Waals surface area contributed by atoms with Gasteiger partial charge in [0.25, 0.3) is 0 Å². The second-order valence-electron chi connectivity index (χ2n) is 3.90. The maximum atomic E-state index is 11.5. The van der Waals surface area contributed by atoms with E-state index in [-0.39, 0.29) is 12.7 Å². The highest BCUT2D eigenvalue weighted by Gasteiger charge is 2.35. The van der Waals surface area contributed by atoms with E-state index in [4.69, 9.17) is 10.2 Å². The molecule has 5 atom stereocenters. The second-order valence-corrected chi connectivity index (χ2v) is 3.90. The molecule has 0 spiro atoms. The van der Waals surface area contributed by atoms with Crippen LogP contribution in [0.3, 0.4) is 0 Å². The van der Waals surface area contributed by atoms with Crippen molar-refractivity contribution in [1.29, 1.82) is 0 Å². The van der Waals surface area contributed by atoms with Crippen LogP contribution >= 0.6 is 0 Å². The Morgan fingerprint density at radius 1 is 1.19 bits per heavy atom. The lowest BCUT2D eigenvalue weighted by atomic mass is 9.87. The summed E-state index contributed by atoms with van der Waals surface area (Å²) >= 11 is 0. The van der Waals surface area contributed by atoms with Crippen LogP contribution in [0.25, 0.3) is 0 Å². The molecule has 0 radical (unpaired) electrons. The number of Topliss-reactive ketones (excluding diaryl/α,β-unsaturated/α-hetero) is 1. The third-order valence-electron chi connectivity index (χ3n) is 2.24. The van der Waals surface area contributed by atoms with Crippen LogP contribution in [-0.2, 0) is 9.59 Å². The summed E-state index contributed by atoms with van der Waals surface area (Å²) in [5.41, 5.74) is 0. The first-order valence-electron chi connectivity index (χ1n) is 5.01. The minimum Gasteiger partial charge on any atom is -0.393 e. The zero-order valence-corrected chi connectivity index (χ0v) is 9.28. The van der Waals surface area contributed by atoms with Gasteiger partial charge in [0.15, 0.2) is 0 Å². The first kappa shape index (κ1) is 15.2. The van der Waals surface area contributed by atoms with Gasteiger partial charge >= 0.3 is 0 Å². The van der Waals surface area contributed by atoms with Gasteiger partial charge in [0.1, 0.15) is 18.2 Å². The first-order valence-corrected chi connectivity index (χ1v) is 5.01. The van der Waals surface area contributed by atoms with Gasteiger partial charge in [0, 0.05) is 6.42 Å². The molecule has 0 bridgehead atoms. The average Bonchev–Trinajstić information content (AvgIpc) is 2.16. The van der Waals surface area contributed by atoms with Crippen molar-refractivity contribution < 1.29 is 30.0 Å². The van der Waals surface area contributed by atoms with E-state index in [2.05, 4.69) is 0 Å². The summed E-state index contributed by atoms with van der Waals surface area (Å²) in [6.45, 7) is 2.61. The summed E-state index contributed by atoms with van der Waals surface area (Å²) in [5.74, 6) is -2.07.